The molecule has 0 aliphatic rings. The average molecular weight is 476 g/mol. The number of likely N-dealkylation sites (N-methyl/N-ethyl adjacent to an activating group) is 1. The highest BCUT2D eigenvalue weighted by atomic mass is 32.2. The van der Waals surface area contributed by atoms with Crippen LogP contribution in [0, 0.1) is 13.8 Å². The van der Waals surface area contributed by atoms with E-state index in [0.29, 0.717) is 17.9 Å². The molecule has 9 heteroatoms. The van der Waals surface area contributed by atoms with Crippen LogP contribution < -0.4 is 14.4 Å². The molecule has 0 radical (unpaired) electrons. The number of nitrogens with one attached hydrogen (secondary N) is 1. The fourth-order valence-electron chi connectivity index (χ4n) is 3.61. The second kappa shape index (κ2) is 11.2. The van der Waals surface area contributed by atoms with Gasteiger partial charge < -0.3 is 15.0 Å². The van der Waals surface area contributed by atoms with E-state index in [-0.39, 0.29) is 12.5 Å². The van der Waals surface area contributed by atoms with Crippen molar-refractivity contribution in [3.63, 3.8) is 0 Å². The van der Waals surface area contributed by atoms with E-state index in [2.05, 4.69) is 5.32 Å². The highest BCUT2D eigenvalue weighted by molar-refractivity contribution is 7.92. The molecule has 0 saturated carbocycles. The normalized spacial score (nSPS) is 12.1. The monoisotopic (exact) mass is 475 g/mol. The quantitative estimate of drug-likeness (QED) is 0.570. The minimum atomic E-state index is -3.76. The summed E-state index contributed by atoms with van der Waals surface area (Å²) in [4.78, 5) is 27.5. The zero-order chi connectivity index (χ0) is 24.8. The summed E-state index contributed by atoms with van der Waals surface area (Å²) < 4.78 is 31.6. The lowest BCUT2D eigenvalue weighted by Crippen LogP contribution is -2.51. The largest absolute Gasteiger partial charge is 0.497 e. The molecule has 1 N–H and O–H groups in total. The third-order valence-corrected chi connectivity index (χ3v) is 6.79. The number of carbonyl (C=O) groups excluding carboxylic acids is 2. The maximum absolute atomic E-state index is 13.5. The van der Waals surface area contributed by atoms with Crippen LogP contribution in [-0.4, -0.2) is 58.1 Å². The van der Waals surface area contributed by atoms with Crippen molar-refractivity contribution in [3.05, 3.63) is 59.2 Å². The molecular weight excluding hydrogens is 442 g/mol. The fourth-order valence-corrected chi connectivity index (χ4v) is 4.51. The number of aryl methyl sites for hydroxylation is 1. The van der Waals surface area contributed by atoms with Crippen molar-refractivity contribution < 1.29 is 22.7 Å². The number of ether oxygens (including phenoxy) is 1. The van der Waals surface area contributed by atoms with E-state index in [1.807, 2.05) is 39.0 Å². The van der Waals surface area contributed by atoms with Gasteiger partial charge in [-0.3, -0.25) is 13.9 Å². The highest BCUT2D eigenvalue weighted by Gasteiger charge is 2.31. The molecule has 0 spiro atoms. The van der Waals surface area contributed by atoms with Crippen molar-refractivity contribution >= 4 is 27.5 Å². The van der Waals surface area contributed by atoms with Gasteiger partial charge in [-0.2, -0.15) is 0 Å². The van der Waals surface area contributed by atoms with Gasteiger partial charge >= 0.3 is 0 Å². The van der Waals surface area contributed by atoms with Crippen LogP contribution in [0.1, 0.15) is 30.0 Å². The zero-order valence-corrected chi connectivity index (χ0v) is 20.9. The van der Waals surface area contributed by atoms with Gasteiger partial charge in [-0.25, -0.2) is 8.42 Å². The summed E-state index contributed by atoms with van der Waals surface area (Å²) in [5.41, 5.74) is 2.93. The molecule has 2 amide bonds. The Morgan fingerprint density at radius 1 is 1.09 bits per heavy atom. The van der Waals surface area contributed by atoms with E-state index in [1.54, 1.807) is 31.4 Å². The van der Waals surface area contributed by atoms with Crippen LogP contribution in [-0.2, 0) is 26.2 Å². The molecule has 1 atom stereocenters. The maximum Gasteiger partial charge on any atom is 0.244 e. The predicted octanol–water partition coefficient (Wildman–Crippen LogP) is 2.63. The first-order valence-corrected chi connectivity index (χ1v) is 12.6. The lowest BCUT2D eigenvalue weighted by molar-refractivity contribution is -0.140. The second-order valence-electron chi connectivity index (χ2n) is 7.90. The Hall–Kier alpha value is -3.07. The number of rotatable bonds is 10. The molecular formula is C24H33N3O5S. The molecule has 2 aromatic rings. The molecule has 1 unspecified atom stereocenters. The summed E-state index contributed by atoms with van der Waals surface area (Å²) in [6, 6.07) is 11.8. The van der Waals surface area contributed by atoms with Crippen LogP contribution in [0.15, 0.2) is 42.5 Å². The number of amides is 2. The summed E-state index contributed by atoms with van der Waals surface area (Å²) in [5.74, 6) is -0.0993. The Morgan fingerprint density at radius 2 is 1.73 bits per heavy atom. The number of nitrogens with zero attached hydrogens (tertiary/aromatic N) is 2. The number of sulfonamides is 1. The minimum absolute atomic E-state index is 0.152. The van der Waals surface area contributed by atoms with Crippen LogP contribution in [0.5, 0.6) is 5.75 Å². The number of benzene rings is 2. The Balaban J connectivity index is 2.46. The molecule has 180 valence electrons. The van der Waals surface area contributed by atoms with Crippen molar-refractivity contribution in [1.82, 2.24) is 10.2 Å². The van der Waals surface area contributed by atoms with E-state index < -0.39 is 28.5 Å². The number of hydrogen-bond donors (Lipinski definition) is 1. The van der Waals surface area contributed by atoms with Crippen molar-refractivity contribution in [2.45, 2.75) is 39.8 Å². The number of carbonyl (C=O) groups is 2. The van der Waals surface area contributed by atoms with Crippen molar-refractivity contribution in [2.75, 3.05) is 31.3 Å². The van der Waals surface area contributed by atoms with Crippen molar-refractivity contribution in [1.29, 1.82) is 0 Å². The van der Waals surface area contributed by atoms with E-state index in [1.165, 1.54) is 11.9 Å². The summed E-state index contributed by atoms with van der Waals surface area (Å²) in [6.45, 7) is 5.26. The molecule has 2 aromatic carbocycles. The average Bonchev–Trinajstić information content (AvgIpc) is 2.78. The smallest absolute Gasteiger partial charge is 0.244 e. The van der Waals surface area contributed by atoms with Crippen LogP contribution >= 0.6 is 0 Å². The zero-order valence-electron chi connectivity index (χ0n) is 20.1. The molecule has 0 aliphatic carbocycles. The molecule has 0 bridgehead atoms. The van der Waals surface area contributed by atoms with Gasteiger partial charge in [-0.05, 0) is 55.2 Å². The molecule has 8 nitrogen and oxygen atoms in total. The fraction of sp³-hybridized carbons (Fsp3) is 0.417. The first-order valence-electron chi connectivity index (χ1n) is 10.7. The van der Waals surface area contributed by atoms with Gasteiger partial charge in [-0.15, -0.1) is 0 Å². The van der Waals surface area contributed by atoms with E-state index in [0.717, 1.165) is 27.3 Å². The lowest BCUT2D eigenvalue weighted by Gasteiger charge is -2.33. The standard InChI is InChI=1S/C24H33N3O5S/c1-7-21(24(29)25-4)26(15-19-11-13-20(32-5)14-12-19)23(28)16-27(33(6,30)31)22-10-8-9-17(2)18(22)3/h8-14,21H,7,15-16H2,1-6H3,(H,25,29). The predicted molar refractivity (Wildman–Crippen MR) is 130 cm³/mol. The van der Waals surface area contributed by atoms with Gasteiger partial charge in [0.25, 0.3) is 0 Å². The van der Waals surface area contributed by atoms with Gasteiger partial charge in [0.2, 0.25) is 21.8 Å². The van der Waals surface area contributed by atoms with Crippen LogP contribution in [0.25, 0.3) is 0 Å². The number of hydrogen-bond acceptors (Lipinski definition) is 5. The van der Waals surface area contributed by atoms with Gasteiger partial charge in [0.1, 0.15) is 18.3 Å². The summed E-state index contributed by atoms with van der Waals surface area (Å²) >= 11 is 0. The van der Waals surface area contributed by atoms with Crippen LogP contribution in [0.3, 0.4) is 0 Å². The minimum Gasteiger partial charge on any atom is -0.497 e. The topological polar surface area (TPSA) is 96.0 Å². The highest BCUT2D eigenvalue weighted by Crippen LogP contribution is 2.25. The van der Waals surface area contributed by atoms with Crippen molar-refractivity contribution in [3.8, 4) is 5.75 Å². The molecule has 0 aromatic heterocycles. The molecule has 0 aliphatic heterocycles. The molecule has 0 saturated heterocycles. The first kappa shape index (κ1) is 26.2. The molecule has 33 heavy (non-hydrogen) atoms. The Kier molecular flexibility index (Phi) is 8.87. The summed E-state index contributed by atoms with van der Waals surface area (Å²) in [6.07, 6.45) is 1.45. The number of anilines is 1. The van der Waals surface area contributed by atoms with Gasteiger partial charge in [-0.1, -0.05) is 31.2 Å². The summed E-state index contributed by atoms with van der Waals surface area (Å²) in [7, 11) is -0.677. The van der Waals surface area contributed by atoms with Crippen LogP contribution in [0.2, 0.25) is 0 Å². The lowest BCUT2D eigenvalue weighted by atomic mass is 10.1. The summed E-state index contributed by atoms with van der Waals surface area (Å²) in [5, 5.41) is 2.60. The Morgan fingerprint density at radius 3 is 2.24 bits per heavy atom. The Labute approximate surface area is 196 Å². The third kappa shape index (κ3) is 6.47. The number of methoxy groups -OCH3 is 1. The van der Waals surface area contributed by atoms with Crippen molar-refractivity contribution in [2.24, 2.45) is 0 Å². The molecule has 0 heterocycles. The van der Waals surface area contributed by atoms with Gasteiger partial charge in [0.15, 0.2) is 0 Å². The van der Waals surface area contributed by atoms with E-state index >= 15 is 0 Å². The maximum atomic E-state index is 13.5. The first-order chi connectivity index (χ1) is 15.5. The SMILES string of the molecule is CCC(C(=O)NC)N(Cc1ccc(OC)cc1)C(=O)CN(c1cccc(C)c1C)S(C)(=O)=O. The third-order valence-electron chi connectivity index (χ3n) is 5.67. The Bertz CT molecular complexity index is 1080. The molecule has 0 fully saturated rings. The van der Waals surface area contributed by atoms with Crippen LogP contribution in [0.4, 0.5) is 5.69 Å². The van der Waals surface area contributed by atoms with E-state index in [4.69, 9.17) is 4.74 Å². The van der Waals surface area contributed by atoms with Gasteiger partial charge in [0, 0.05) is 13.6 Å². The molecule has 2 rings (SSSR count). The van der Waals surface area contributed by atoms with E-state index in [9.17, 15) is 18.0 Å². The second-order valence-corrected chi connectivity index (χ2v) is 9.80. The van der Waals surface area contributed by atoms with Gasteiger partial charge in [0.05, 0.1) is 19.1 Å².